The summed E-state index contributed by atoms with van der Waals surface area (Å²) in [5, 5.41) is 6.49. The van der Waals surface area contributed by atoms with Gasteiger partial charge in [0.1, 0.15) is 10.8 Å². The molecule has 2 saturated heterocycles. The summed E-state index contributed by atoms with van der Waals surface area (Å²) in [6.07, 6.45) is 5.73. The molecule has 3 atom stereocenters. The van der Waals surface area contributed by atoms with E-state index in [0.717, 1.165) is 25.7 Å². The topological polar surface area (TPSA) is 97.8 Å². The van der Waals surface area contributed by atoms with Gasteiger partial charge in [-0.25, -0.2) is 0 Å². The highest BCUT2D eigenvalue weighted by Crippen LogP contribution is 2.43. The number of aromatic nitrogens is 5. The van der Waals surface area contributed by atoms with E-state index in [-0.39, 0.29) is 11.1 Å². The van der Waals surface area contributed by atoms with Crippen LogP contribution in [0.4, 0.5) is 5.95 Å². The Hall–Kier alpha value is -2.55. The standard InChI is InChI=1S/C23H25Cl2N7O/c1-23(26)8-11-4-5-12(9-23)32(11)22-28-20-16(21(33)30(22)2)14(10-27-20)13-6-7-15-17(18(13)24)19(25)31(3)29-15/h6-7,10-12,27H,4-5,8-9,26H2,1-3H3/t11-,12+,23+. The lowest BCUT2D eigenvalue weighted by atomic mass is 9.86. The Morgan fingerprint density at radius 2 is 1.82 bits per heavy atom. The summed E-state index contributed by atoms with van der Waals surface area (Å²) in [4.78, 5) is 24.1. The van der Waals surface area contributed by atoms with Gasteiger partial charge in [0.05, 0.1) is 21.3 Å². The normalized spacial score (nSPS) is 25.0. The minimum Gasteiger partial charge on any atom is -0.345 e. The molecule has 0 aliphatic carbocycles. The van der Waals surface area contributed by atoms with Crippen LogP contribution < -0.4 is 16.2 Å². The predicted octanol–water partition coefficient (Wildman–Crippen LogP) is 3.97. The zero-order valence-electron chi connectivity index (χ0n) is 18.7. The number of nitrogens with zero attached hydrogens (tertiary/aromatic N) is 5. The number of hydrogen-bond acceptors (Lipinski definition) is 5. The van der Waals surface area contributed by atoms with Gasteiger partial charge in [-0.15, -0.1) is 0 Å². The SMILES string of the molecule is Cn1nc2ccc(-c3c[nH]c4nc(N5[C@@H]6CC[C@H]5C[C@@](C)(N)C6)n(C)c(=O)c34)c(Cl)c2c1Cl. The molecule has 0 saturated carbocycles. The molecule has 33 heavy (non-hydrogen) atoms. The Morgan fingerprint density at radius 3 is 2.52 bits per heavy atom. The number of fused-ring (bicyclic) bond motifs is 4. The van der Waals surface area contributed by atoms with E-state index >= 15 is 0 Å². The van der Waals surface area contributed by atoms with Gasteiger partial charge in [-0.2, -0.15) is 10.1 Å². The van der Waals surface area contributed by atoms with Gasteiger partial charge in [0.15, 0.2) is 0 Å². The zero-order valence-corrected chi connectivity index (χ0v) is 20.2. The van der Waals surface area contributed by atoms with Gasteiger partial charge in [-0.3, -0.25) is 14.0 Å². The number of benzene rings is 1. The van der Waals surface area contributed by atoms with Crippen LogP contribution in [0.5, 0.6) is 0 Å². The van der Waals surface area contributed by atoms with Crippen LogP contribution in [0.3, 0.4) is 0 Å². The molecule has 2 aliphatic heterocycles. The number of halogens is 2. The molecule has 10 heteroatoms. The third kappa shape index (κ3) is 2.97. The van der Waals surface area contributed by atoms with Gasteiger partial charge in [0.2, 0.25) is 5.95 Å². The Morgan fingerprint density at radius 1 is 1.12 bits per heavy atom. The first-order valence-corrected chi connectivity index (χ1v) is 11.9. The molecule has 3 N–H and O–H groups in total. The summed E-state index contributed by atoms with van der Waals surface area (Å²) >= 11 is 13.2. The predicted molar refractivity (Wildman–Crippen MR) is 132 cm³/mol. The largest absolute Gasteiger partial charge is 0.345 e. The van der Waals surface area contributed by atoms with Gasteiger partial charge < -0.3 is 15.6 Å². The van der Waals surface area contributed by atoms with E-state index in [0.29, 0.717) is 61.3 Å². The minimum absolute atomic E-state index is 0.111. The summed E-state index contributed by atoms with van der Waals surface area (Å²) in [5.74, 6) is 0.695. The monoisotopic (exact) mass is 485 g/mol. The van der Waals surface area contributed by atoms with E-state index in [1.807, 2.05) is 12.1 Å². The van der Waals surface area contributed by atoms with Crippen LogP contribution in [0.2, 0.25) is 10.2 Å². The number of nitrogens with one attached hydrogen (secondary N) is 1. The van der Waals surface area contributed by atoms with E-state index in [2.05, 4.69) is 21.9 Å². The highest BCUT2D eigenvalue weighted by atomic mass is 35.5. The van der Waals surface area contributed by atoms with Gasteiger partial charge in [-0.1, -0.05) is 29.3 Å². The Bertz CT molecular complexity index is 1480. The number of hydrogen-bond donors (Lipinski definition) is 2. The molecule has 2 aliphatic rings. The third-order valence-corrected chi connectivity index (χ3v) is 8.13. The fraction of sp³-hybridized carbons (Fsp3) is 0.435. The van der Waals surface area contributed by atoms with Crippen molar-refractivity contribution in [2.75, 3.05) is 4.90 Å². The minimum atomic E-state index is -0.173. The first-order chi connectivity index (χ1) is 15.7. The average molecular weight is 486 g/mol. The number of piperidine rings is 1. The second-order valence-corrected chi connectivity index (χ2v) is 10.5. The van der Waals surface area contributed by atoms with Crippen molar-refractivity contribution in [3.05, 3.63) is 38.9 Å². The maximum absolute atomic E-state index is 13.6. The molecule has 0 radical (unpaired) electrons. The quantitative estimate of drug-likeness (QED) is 0.447. The van der Waals surface area contributed by atoms with Crippen molar-refractivity contribution < 1.29 is 0 Å². The van der Waals surface area contributed by atoms with Crippen molar-refractivity contribution >= 4 is 51.1 Å². The van der Waals surface area contributed by atoms with Crippen molar-refractivity contribution in [3.63, 3.8) is 0 Å². The van der Waals surface area contributed by atoms with Crippen LogP contribution in [0.15, 0.2) is 23.1 Å². The van der Waals surface area contributed by atoms with E-state index < -0.39 is 0 Å². The molecule has 2 fully saturated rings. The van der Waals surface area contributed by atoms with Gasteiger partial charge in [-0.05, 0) is 38.7 Å². The van der Waals surface area contributed by atoms with Gasteiger partial charge in [0, 0.05) is 49.0 Å². The van der Waals surface area contributed by atoms with Crippen LogP contribution in [0, 0.1) is 0 Å². The first kappa shape index (κ1) is 21.0. The summed E-state index contributed by atoms with van der Waals surface area (Å²) in [5.41, 5.74) is 8.87. The zero-order chi connectivity index (χ0) is 23.2. The fourth-order valence-electron chi connectivity index (χ4n) is 5.86. The Labute approximate surface area is 200 Å². The van der Waals surface area contributed by atoms with Crippen molar-refractivity contribution in [2.45, 2.75) is 50.2 Å². The molecular weight excluding hydrogens is 461 g/mol. The third-order valence-electron chi connectivity index (χ3n) is 7.30. The number of aromatic amines is 1. The van der Waals surface area contributed by atoms with E-state index in [1.54, 1.807) is 29.5 Å². The van der Waals surface area contributed by atoms with E-state index in [9.17, 15) is 4.79 Å². The van der Waals surface area contributed by atoms with Crippen molar-refractivity contribution in [2.24, 2.45) is 19.8 Å². The second kappa shape index (κ2) is 6.98. The highest BCUT2D eigenvalue weighted by molar-refractivity contribution is 6.43. The summed E-state index contributed by atoms with van der Waals surface area (Å²) in [7, 11) is 3.56. The summed E-state index contributed by atoms with van der Waals surface area (Å²) in [6.45, 7) is 2.12. The molecule has 0 unspecified atom stereocenters. The molecule has 3 aromatic heterocycles. The maximum Gasteiger partial charge on any atom is 0.264 e. The van der Waals surface area contributed by atoms with Crippen LogP contribution in [-0.4, -0.2) is 41.9 Å². The fourth-order valence-corrected chi connectivity index (χ4v) is 6.49. The average Bonchev–Trinajstić information content (AvgIpc) is 3.38. The van der Waals surface area contributed by atoms with Crippen molar-refractivity contribution in [1.29, 1.82) is 0 Å². The molecule has 5 heterocycles. The van der Waals surface area contributed by atoms with Crippen LogP contribution in [0.1, 0.15) is 32.6 Å². The number of H-pyrrole nitrogens is 1. The summed E-state index contributed by atoms with van der Waals surface area (Å²) < 4.78 is 3.25. The van der Waals surface area contributed by atoms with Gasteiger partial charge in [0.25, 0.3) is 5.56 Å². The van der Waals surface area contributed by atoms with Crippen LogP contribution >= 0.6 is 23.2 Å². The second-order valence-electron chi connectivity index (χ2n) is 9.79. The van der Waals surface area contributed by atoms with Crippen molar-refractivity contribution in [3.8, 4) is 11.1 Å². The highest BCUT2D eigenvalue weighted by Gasteiger charge is 2.46. The van der Waals surface area contributed by atoms with Crippen LogP contribution in [-0.2, 0) is 14.1 Å². The molecule has 0 amide bonds. The lowest BCUT2D eigenvalue weighted by Gasteiger charge is -2.43. The number of anilines is 1. The van der Waals surface area contributed by atoms with Gasteiger partial charge >= 0.3 is 0 Å². The smallest absolute Gasteiger partial charge is 0.264 e. The van der Waals surface area contributed by atoms with Crippen molar-refractivity contribution in [1.82, 2.24) is 24.3 Å². The maximum atomic E-state index is 13.6. The molecule has 6 rings (SSSR count). The molecule has 1 aromatic carbocycles. The number of nitrogens with two attached hydrogens (primary N) is 1. The molecule has 0 spiro atoms. The Kier molecular flexibility index (Phi) is 4.44. The van der Waals surface area contributed by atoms with Crippen LogP contribution in [0.25, 0.3) is 33.1 Å². The molecule has 172 valence electrons. The lowest BCUT2D eigenvalue weighted by Crippen LogP contribution is -2.55. The summed E-state index contributed by atoms with van der Waals surface area (Å²) in [6, 6.07) is 4.33. The molecule has 4 aromatic rings. The Balaban J connectivity index is 1.51. The molecular formula is C23H25Cl2N7O. The number of rotatable bonds is 2. The molecule has 8 nitrogen and oxygen atoms in total. The molecule has 2 bridgehead atoms. The van der Waals surface area contributed by atoms with E-state index in [4.69, 9.17) is 33.9 Å². The number of aryl methyl sites for hydroxylation is 1. The first-order valence-electron chi connectivity index (χ1n) is 11.1. The lowest BCUT2D eigenvalue weighted by molar-refractivity contribution is 0.302. The van der Waals surface area contributed by atoms with E-state index in [1.165, 1.54) is 0 Å².